The van der Waals surface area contributed by atoms with Gasteiger partial charge < -0.3 is 4.74 Å². The molecule has 0 saturated heterocycles. The van der Waals surface area contributed by atoms with Gasteiger partial charge in [0.1, 0.15) is 24.0 Å². The van der Waals surface area contributed by atoms with Gasteiger partial charge >= 0.3 is 0 Å². The summed E-state index contributed by atoms with van der Waals surface area (Å²) in [6, 6.07) is 22.1. The lowest BCUT2D eigenvalue weighted by Crippen LogP contribution is -2.02. The number of allylic oxidation sites excluding steroid dienone is 1. The number of rotatable bonds is 6. The second kappa shape index (κ2) is 10.2. The van der Waals surface area contributed by atoms with Crippen LogP contribution in [0.3, 0.4) is 0 Å². The van der Waals surface area contributed by atoms with Crippen molar-refractivity contribution in [2.24, 2.45) is 0 Å². The highest BCUT2D eigenvalue weighted by molar-refractivity contribution is 14.1. The van der Waals surface area contributed by atoms with Crippen molar-refractivity contribution >= 4 is 68.6 Å². The van der Waals surface area contributed by atoms with Gasteiger partial charge in [-0.25, -0.2) is 0 Å². The van der Waals surface area contributed by atoms with Gasteiger partial charge in [-0.05, 0) is 75.0 Å². The van der Waals surface area contributed by atoms with Crippen molar-refractivity contribution in [3.05, 3.63) is 101 Å². The maximum absolute atomic E-state index is 12.6. The SMILES string of the molecule is N#C/C(=C\c1cc(I)c(OCc2ccccc2Cl)c(I)c1)C(=O)c1ccccc1. The number of benzene rings is 3. The first kappa shape index (κ1) is 21.8. The number of nitriles is 1. The molecule has 3 aromatic carbocycles. The maximum Gasteiger partial charge on any atom is 0.203 e. The first-order chi connectivity index (χ1) is 14.0. The van der Waals surface area contributed by atoms with Crippen LogP contribution in [0.2, 0.25) is 5.02 Å². The quantitative estimate of drug-likeness (QED) is 0.129. The molecule has 29 heavy (non-hydrogen) atoms. The summed E-state index contributed by atoms with van der Waals surface area (Å²) in [5.41, 5.74) is 2.26. The van der Waals surface area contributed by atoms with Crippen molar-refractivity contribution in [1.82, 2.24) is 0 Å². The van der Waals surface area contributed by atoms with Crippen LogP contribution in [0, 0.1) is 18.5 Å². The number of hydrogen-bond acceptors (Lipinski definition) is 3. The summed E-state index contributed by atoms with van der Waals surface area (Å²) in [5.74, 6) is 0.452. The van der Waals surface area contributed by atoms with E-state index in [1.807, 2.05) is 48.5 Å². The van der Waals surface area contributed by atoms with Gasteiger partial charge in [0.2, 0.25) is 5.78 Å². The minimum absolute atomic E-state index is 0.0903. The molecule has 0 aliphatic rings. The fraction of sp³-hybridized carbons (Fsp3) is 0.0435. The van der Waals surface area contributed by atoms with E-state index in [0.717, 1.165) is 24.0 Å². The molecule has 3 rings (SSSR count). The maximum atomic E-state index is 12.6. The number of ketones is 1. The summed E-state index contributed by atoms with van der Waals surface area (Å²) in [6.45, 7) is 0.358. The van der Waals surface area contributed by atoms with Crippen LogP contribution in [0.25, 0.3) is 6.08 Å². The fourth-order valence-electron chi connectivity index (χ4n) is 2.63. The van der Waals surface area contributed by atoms with Crippen molar-refractivity contribution in [2.75, 3.05) is 0 Å². The predicted molar refractivity (Wildman–Crippen MR) is 132 cm³/mol. The minimum atomic E-state index is -0.294. The van der Waals surface area contributed by atoms with E-state index in [0.29, 0.717) is 17.2 Å². The van der Waals surface area contributed by atoms with E-state index in [1.54, 1.807) is 30.3 Å². The van der Waals surface area contributed by atoms with E-state index in [9.17, 15) is 10.1 Å². The number of nitrogens with zero attached hydrogens (tertiary/aromatic N) is 1. The lowest BCUT2D eigenvalue weighted by Gasteiger charge is -2.12. The smallest absolute Gasteiger partial charge is 0.203 e. The third-order valence-electron chi connectivity index (χ3n) is 4.06. The molecular formula is C23H14ClI2NO2. The van der Waals surface area contributed by atoms with Crippen molar-refractivity contribution in [1.29, 1.82) is 5.26 Å². The van der Waals surface area contributed by atoms with Gasteiger partial charge in [0, 0.05) is 16.1 Å². The predicted octanol–water partition coefficient (Wildman–Crippen LogP) is 6.92. The summed E-state index contributed by atoms with van der Waals surface area (Å²) < 4.78 is 7.76. The number of carbonyl (C=O) groups excluding carboxylic acids is 1. The number of Topliss-reactive ketones (excluding diaryl/α,β-unsaturated/α-hetero) is 1. The lowest BCUT2D eigenvalue weighted by atomic mass is 10.0. The van der Waals surface area contributed by atoms with Crippen LogP contribution in [0.5, 0.6) is 5.75 Å². The zero-order chi connectivity index (χ0) is 20.8. The normalized spacial score (nSPS) is 11.0. The van der Waals surface area contributed by atoms with E-state index >= 15 is 0 Å². The zero-order valence-electron chi connectivity index (χ0n) is 15.0. The molecule has 0 fully saturated rings. The highest BCUT2D eigenvalue weighted by Crippen LogP contribution is 2.31. The first-order valence-electron chi connectivity index (χ1n) is 8.56. The van der Waals surface area contributed by atoms with E-state index < -0.39 is 0 Å². The Morgan fingerprint density at radius 2 is 1.66 bits per heavy atom. The second-order valence-electron chi connectivity index (χ2n) is 6.06. The third kappa shape index (κ3) is 5.59. The Bertz CT molecular complexity index is 1100. The van der Waals surface area contributed by atoms with Gasteiger partial charge in [0.05, 0.1) is 7.14 Å². The molecule has 0 aliphatic heterocycles. The molecule has 0 saturated carbocycles. The van der Waals surface area contributed by atoms with E-state index in [1.165, 1.54) is 0 Å². The van der Waals surface area contributed by atoms with Gasteiger partial charge in [0.15, 0.2) is 0 Å². The number of hydrogen-bond donors (Lipinski definition) is 0. The van der Waals surface area contributed by atoms with Crippen LogP contribution in [0.4, 0.5) is 0 Å². The summed E-state index contributed by atoms with van der Waals surface area (Å²) in [5, 5.41) is 10.1. The molecule has 0 heterocycles. The molecule has 6 heteroatoms. The van der Waals surface area contributed by atoms with E-state index in [-0.39, 0.29) is 11.4 Å². The van der Waals surface area contributed by atoms with Gasteiger partial charge in [-0.2, -0.15) is 5.26 Å². The molecule has 0 spiro atoms. The van der Waals surface area contributed by atoms with Gasteiger partial charge in [0.25, 0.3) is 0 Å². The second-order valence-corrected chi connectivity index (χ2v) is 8.79. The van der Waals surface area contributed by atoms with Crippen LogP contribution in [-0.2, 0) is 6.61 Å². The Kier molecular flexibility index (Phi) is 7.70. The van der Waals surface area contributed by atoms with Crippen LogP contribution in [0.1, 0.15) is 21.5 Å². The van der Waals surface area contributed by atoms with Crippen molar-refractivity contribution in [2.45, 2.75) is 6.61 Å². The molecule has 3 aromatic rings. The Morgan fingerprint density at radius 3 is 2.28 bits per heavy atom. The molecule has 0 amide bonds. The molecule has 0 atom stereocenters. The monoisotopic (exact) mass is 625 g/mol. The van der Waals surface area contributed by atoms with E-state index in [2.05, 4.69) is 45.2 Å². The van der Waals surface area contributed by atoms with Crippen molar-refractivity contribution in [3.63, 3.8) is 0 Å². The summed E-state index contributed by atoms with van der Waals surface area (Å²) in [4.78, 5) is 12.6. The molecule has 3 nitrogen and oxygen atoms in total. The Morgan fingerprint density at radius 1 is 1.03 bits per heavy atom. The van der Waals surface area contributed by atoms with Crippen molar-refractivity contribution in [3.8, 4) is 11.8 Å². The largest absolute Gasteiger partial charge is 0.487 e. The topological polar surface area (TPSA) is 50.1 Å². The van der Waals surface area contributed by atoms with E-state index in [4.69, 9.17) is 16.3 Å². The average molecular weight is 626 g/mol. The number of halogens is 3. The van der Waals surface area contributed by atoms with Crippen molar-refractivity contribution < 1.29 is 9.53 Å². The van der Waals surface area contributed by atoms with Gasteiger partial charge in [-0.15, -0.1) is 0 Å². The summed E-state index contributed by atoms with van der Waals surface area (Å²) in [7, 11) is 0. The van der Waals surface area contributed by atoms with Gasteiger partial charge in [-0.3, -0.25) is 4.79 Å². The lowest BCUT2D eigenvalue weighted by molar-refractivity contribution is 0.104. The molecular weight excluding hydrogens is 612 g/mol. The van der Waals surface area contributed by atoms with Crippen LogP contribution in [0.15, 0.2) is 72.3 Å². The van der Waals surface area contributed by atoms with Crippen LogP contribution >= 0.6 is 56.8 Å². The highest BCUT2D eigenvalue weighted by atomic mass is 127. The Labute approximate surface area is 201 Å². The number of carbonyl (C=O) groups is 1. The molecule has 0 unspecified atom stereocenters. The summed E-state index contributed by atoms with van der Waals surface area (Å²) >= 11 is 10.6. The first-order valence-corrected chi connectivity index (χ1v) is 11.1. The minimum Gasteiger partial charge on any atom is -0.487 e. The van der Waals surface area contributed by atoms with Crippen LogP contribution in [-0.4, -0.2) is 5.78 Å². The molecule has 0 radical (unpaired) electrons. The Hall–Kier alpha value is -1.89. The standard InChI is InChI=1S/C23H14ClI2NO2/c24-19-9-5-4-8-17(19)14-29-23-20(25)11-15(12-21(23)26)10-18(13-27)22(28)16-6-2-1-3-7-16/h1-12H,14H2/b18-10+. The molecule has 0 aromatic heterocycles. The average Bonchev–Trinajstić information content (AvgIpc) is 2.72. The molecule has 0 N–H and O–H groups in total. The Balaban J connectivity index is 1.84. The zero-order valence-corrected chi connectivity index (χ0v) is 20.1. The molecule has 144 valence electrons. The van der Waals surface area contributed by atoms with Crippen LogP contribution < -0.4 is 4.74 Å². The number of ether oxygens (including phenoxy) is 1. The summed E-state index contributed by atoms with van der Waals surface area (Å²) in [6.07, 6.45) is 1.61. The van der Waals surface area contributed by atoms with Gasteiger partial charge in [-0.1, -0.05) is 60.1 Å². The fourth-order valence-corrected chi connectivity index (χ4v) is 4.94. The molecule has 0 bridgehead atoms. The molecule has 0 aliphatic carbocycles. The third-order valence-corrected chi connectivity index (χ3v) is 6.03. The highest BCUT2D eigenvalue weighted by Gasteiger charge is 2.14.